The second-order valence-corrected chi connectivity index (χ2v) is 4.97. The summed E-state index contributed by atoms with van der Waals surface area (Å²) in [7, 11) is 1.54. The molecule has 0 radical (unpaired) electrons. The minimum Gasteiger partial charge on any atom is -0.495 e. The van der Waals surface area contributed by atoms with Crippen LogP contribution in [0.15, 0.2) is 42.5 Å². The molecule has 2 rings (SSSR count). The molecule has 3 N–H and O–H groups in total. The number of benzene rings is 2. The smallest absolute Gasteiger partial charge is 0.265 e. The minimum absolute atomic E-state index is 0.271. The Bertz CT molecular complexity index is 671. The van der Waals surface area contributed by atoms with Gasteiger partial charge in [-0.3, -0.25) is 4.79 Å². The highest BCUT2D eigenvalue weighted by molar-refractivity contribution is 5.95. The summed E-state index contributed by atoms with van der Waals surface area (Å²) >= 11 is 0. The second kappa shape index (κ2) is 6.85. The zero-order valence-corrected chi connectivity index (χ0v) is 12.9. The summed E-state index contributed by atoms with van der Waals surface area (Å²) in [5, 5.41) is 2.77. The Morgan fingerprint density at radius 2 is 1.91 bits per heavy atom. The Labute approximate surface area is 130 Å². The van der Waals surface area contributed by atoms with Gasteiger partial charge in [0.15, 0.2) is 6.10 Å². The number of carbonyl (C=O) groups is 1. The lowest BCUT2D eigenvalue weighted by Crippen LogP contribution is -2.30. The van der Waals surface area contributed by atoms with Crippen molar-refractivity contribution in [3.05, 3.63) is 48.0 Å². The van der Waals surface area contributed by atoms with Crippen molar-refractivity contribution >= 4 is 17.3 Å². The van der Waals surface area contributed by atoms with Gasteiger partial charge in [-0.2, -0.15) is 0 Å². The van der Waals surface area contributed by atoms with E-state index in [1.54, 1.807) is 25.1 Å². The molecule has 0 bridgehead atoms. The van der Waals surface area contributed by atoms with E-state index in [2.05, 4.69) is 5.32 Å². The standard InChI is InChI=1S/C17H20N2O3/c1-11-6-4-5-7-15(11)22-12(2)17(20)19-14-10-13(18)8-9-16(14)21-3/h4-10,12H,18H2,1-3H3,(H,19,20). The third-order valence-electron chi connectivity index (χ3n) is 3.25. The zero-order chi connectivity index (χ0) is 16.1. The molecule has 0 aromatic heterocycles. The average Bonchev–Trinajstić information content (AvgIpc) is 2.49. The Hall–Kier alpha value is -2.69. The summed E-state index contributed by atoms with van der Waals surface area (Å²) in [4.78, 5) is 12.3. The van der Waals surface area contributed by atoms with Crippen LogP contribution in [0.1, 0.15) is 12.5 Å². The number of hydrogen-bond donors (Lipinski definition) is 2. The number of amides is 1. The van der Waals surface area contributed by atoms with E-state index in [-0.39, 0.29) is 5.91 Å². The molecule has 0 aliphatic rings. The second-order valence-electron chi connectivity index (χ2n) is 4.97. The first kappa shape index (κ1) is 15.7. The minimum atomic E-state index is -0.646. The monoisotopic (exact) mass is 300 g/mol. The average molecular weight is 300 g/mol. The lowest BCUT2D eigenvalue weighted by Gasteiger charge is -2.17. The van der Waals surface area contributed by atoms with Crippen LogP contribution in [0.25, 0.3) is 0 Å². The first-order chi connectivity index (χ1) is 10.5. The quantitative estimate of drug-likeness (QED) is 0.833. The maximum atomic E-state index is 12.3. The highest BCUT2D eigenvalue weighted by Crippen LogP contribution is 2.27. The molecule has 0 spiro atoms. The van der Waals surface area contributed by atoms with Crippen molar-refractivity contribution in [3.63, 3.8) is 0 Å². The Balaban J connectivity index is 2.09. The summed E-state index contributed by atoms with van der Waals surface area (Å²) in [6.45, 7) is 3.63. The SMILES string of the molecule is COc1ccc(N)cc1NC(=O)C(C)Oc1ccccc1C. The summed E-state index contributed by atoms with van der Waals surface area (Å²) in [6.07, 6.45) is -0.646. The van der Waals surface area contributed by atoms with E-state index >= 15 is 0 Å². The summed E-state index contributed by atoms with van der Waals surface area (Å²) in [6, 6.07) is 12.6. The first-order valence-electron chi connectivity index (χ1n) is 6.98. The molecule has 1 unspecified atom stereocenters. The van der Waals surface area contributed by atoms with Crippen LogP contribution < -0.4 is 20.5 Å². The third-order valence-corrected chi connectivity index (χ3v) is 3.25. The molecule has 5 heteroatoms. The maximum Gasteiger partial charge on any atom is 0.265 e. The van der Waals surface area contributed by atoms with Gasteiger partial charge in [0.2, 0.25) is 0 Å². The van der Waals surface area contributed by atoms with E-state index in [0.29, 0.717) is 22.9 Å². The maximum absolute atomic E-state index is 12.3. The molecular formula is C17H20N2O3. The van der Waals surface area contributed by atoms with Crippen LogP contribution in [0.2, 0.25) is 0 Å². The number of hydrogen-bond acceptors (Lipinski definition) is 4. The number of ether oxygens (including phenoxy) is 2. The molecule has 1 atom stereocenters. The Morgan fingerprint density at radius 3 is 2.59 bits per heavy atom. The van der Waals surface area contributed by atoms with Crippen molar-refractivity contribution in [2.75, 3.05) is 18.2 Å². The lowest BCUT2D eigenvalue weighted by atomic mass is 10.2. The van der Waals surface area contributed by atoms with E-state index in [1.165, 1.54) is 7.11 Å². The largest absolute Gasteiger partial charge is 0.495 e. The van der Waals surface area contributed by atoms with Crippen LogP contribution in [0.3, 0.4) is 0 Å². The van der Waals surface area contributed by atoms with Crippen LogP contribution in [0.5, 0.6) is 11.5 Å². The van der Waals surface area contributed by atoms with Gasteiger partial charge in [-0.1, -0.05) is 18.2 Å². The molecule has 0 saturated carbocycles. The van der Waals surface area contributed by atoms with Crippen LogP contribution >= 0.6 is 0 Å². The zero-order valence-electron chi connectivity index (χ0n) is 12.9. The molecule has 1 amide bonds. The van der Waals surface area contributed by atoms with Gasteiger partial charge < -0.3 is 20.5 Å². The van der Waals surface area contributed by atoms with Crippen LogP contribution in [0.4, 0.5) is 11.4 Å². The fraction of sp³-hybridized carbons (Fsp3) is 0.235. The van der Waals surface area contributed by atoms with Gasteiger partial charge in [0.1, 0.15) is 11.5 Å². The number of para-hydroxylation sites is 1. The molecule has 116 valence electrons. The molecule has 0 heterocycles. The number of aryl methyl sites for hydroxylation is 1. The van der Waals surface area contributed by atoms with Crippen LogP contribution in [-0.2, 0) is 4.79 Å². The highest BCUT2D eigenvalue weighted by atomic mass is 16.5. The molecule has 0 saturated heterocycles. The first-order valence-corrected chi connectivity index (χ1v) is 6.98. The fourth-order valence-corrected chi connectivity index (χ4v) is 1.99. The third kappa shape index (κ3) is 3.69. The Kier molecular flexibility index (Phi) is 4.88. The molecule has 22 heavy (non-hydrogen) atoms. The Morgan fingerprint density at radius 1 is 1.18 bits per heavy atom. The highest BCUT2D eigenvalue weighted by Gasteiger charge is 2.17. The predicted octanol–water partition coefficient (Wildman–Crippen LogP) is 2.99. The summed E-state index contributed by atoms with van der Waals surface area (Å²) < 4.78 is 10.9. The van der Waals surface area contributed by atoms with Crippen molar-refractivity contribution in [3.8, 4) is 11.5 Å². The summed E-state index contributed by atoms with van der Waals surface area (Å²) in [5.74, 6) is 0.961. The van der Waals surface area contributed by atoms with Crippen molar-refractivity contribution < 1.29 is 14.3 Å². The van der Waals surface area contributed by atoms with E-state index in [4.69, 9.17) is 15.2 Å². The lowest BCUT2D eigenvalue weighted by molar-refractivity contribution is -0.122. The van der Waals surface area contributed by atoms with E-state index in [1.807, 2.05) is 31.2 Å². The van der Waals surface area contributed by atoms with Crippen molar-refractivity contribution in [1.82, 2.24) is 0 Å². The number of nitrogen functional groups attached to an aromatic ring is 1. The van der Waals surface area contributed by atoms with Crippen LogP contribution in [0, 0.1) is 6.92 Å². The molecule has 2 aromatic rings. The van der Waals surface area contributed by atoms with Crippen molar-refractivity contribution in [2.45, 2.75) is 20.0 Å². The predicted molar refractivity (Wildman–Crippen MR) is 87.3 cm³/mol. The van der Waals surface area contributed by atoms with E-state index in [9.17, 15) is 4.79 Å². The van der Waals surface area contributed by atoms with Gasteiger partial charge in [-0.15, -0.1) is 0 Å². The van der Waals surface area contributed by atoms with E-state index < -0.39 is 6.10 Å². The number of nitrogens with two attached hydrogens (primary N) is 1. The number of anilines is 2. The van der Waals surface area contributed by atoms with Crippen molar-refractivity contribution in [2.24, 2.45) is 0 Å². The molecule has 0 aliphatic heterocycles. The number of nitrogens with one attached hydrogen (secondary N) is 1. The van der Waals surface area contributed by atoms with Crippen molar-refractivity contribution in [1.29, 1.82) is 0 Å². The number of carbonyl (C=O) groups excluding carboxylic acids is 1. The molecule has 2 aromatic carbocycles. The summed E-state index contributed by atoms with van der Waals surface area (Å²) in [5.41, 5.74) is 7.78. The van der Waals surface area contributed by atoms with Crippen LogP contribution in [-0.4, -0.2) is 19.1 Å². The topological polar surface area (TPSA) is 73.6 Å². The molecular weight excluding hydrogens is 280 g/mol. The molecule has 0 aliphatic carbocycles. The van der Waals surface area contributed by atoms with E-state index in [0.717, 1.165) is 5.56 Å². The number of methoxy groups -OCH3 is 1. The normalized spacial score (nSPS) is 11.6. The van der Waals surface area contributed by atoms with Gasteiger partial charge in [-0.05, 0) is 43.7 Å². The number of rotatable bonds is 5. The molecule has 5 nitrogen and oxygen atoms in total. The van der Waals surface area contributed by atoms with Gasteiger partial charge in [0.25, 0.3) is 5.91 Å². The van der Waals surface area contributed by atoms with Gasteiger partial charge in [0.05, 0.1) is 12.8 Å². The van der Waals surface area contributed by atoms with Gasteiger partial charge in [0, 0.05) is 5.69 Å². The van der Waals surface area contributed by atoms with Gasteiger partial charge >= 0.3 is 0 Å². The molecule has 0 fully saturated rings. The van der Waals surface area contributed by atoms with Gasteiger partial charge in [-0.25, -0.2) is 0 Å². The fourth-order valence-electron chi connectivity index (χ4n) is 1.99.